The average molecular weight is 469 g/mol. The zero-order valence-corrected chi connectivity index (χ0v) is 19.9. The number of amides is 1. The molecule has 2 heterocycles. The van der Waals surface area contributed by atoms with Crippen LogP contribution < -0.4 is 10.5 Å². The number of hydrogen-bond acceptors (Lipinski definition) is 7. The van der Waals surface area contributed by atoms with E-state index in [0.717, 1.165) is 18.4 Å². The SMILES string of the molecule is CCCCn1nc(C(=O)N(CCc2ccccc2)c2nc(C(=O)OCC)c(C)s2)ccc1=O. The second-order valence-electron chi connectivity index (χ2n) is 7.45. The first-order chi connectivity index (χ1) is 15.9. The lowest BCUT2D eigenvalue weighted by Gasteiger charge is -2.20. The van der Waals surface area contributed by atoms with Crippen LogP contribution in [-0.2, 0) is 17.7 Å². The summed E-state index contributed by atoms with van der Waals surface area (Å²) in [6, 6.07) is 12.6. The van der Waals surface area contributed by atoms with E-state index in [9.17, 15) is 14.4 Å². The topological polar surface area (TPSA) is 94.4 Å². The predicted octanol–water partition coefficient (Wildman–Crippen LogP) is 3.87. The highest BCUT2D eigenvalue weighted by Gasteiger charge is 2.26. The Balaban J connectivity index is 1.95. The summed E-state index contributed by atoms with van der Waals surface area (Å²) >= 11 is 1.25. The van der Waals surface area contributed by atoms with Crippen LogP contribution in [0.15, 0.2) is 47.3 Å². The average Bonchev–Trinajstić information content (AvgIpc) is 3.20. The first-order valence-corrected chi connectivity index (χ1v) is 11.8. The third-order valence-corrected chi connectivity index (χ3v) is 6.00. The molecule has 174 valence electrons. The van der Waals surface area contributed by atoms with Crippen LogP contribution in [0.25, 0.3) is 0 Å². The van der Waals surface area contributed by atoms with Crippen LogP contribution in [0.5, 0.6) is 0 Å². The van der Waals surface area contributed by atoms with Gasteiger partial charge in [0.1, 0.15) is 5.69 Å². The maximum absolute atomic E-state index is 13.5. The number of ether oxygens (including phenoxy) is 1. The van der Waals surface area contributed by atoms with E-state index in [4.69, 9.17) is 4.74 Å². The molecule has 3 aromatic rings. The highest BCUT2D eigenvalue weighted by molar-refractivity contribution is 7.16. The smallest absolute Gasteiger partial charge is 0.358 e. The molecule has 0 saturated carbocycles. The molecule has 8 nitrogen and oxygen atoms in total. The number of carbonyl (C=O) groups is 2. The molecule has 33 heavy (non-hydrogen) atoms. The van der Waals surface area contributed by atoms with Gasteiger partial charge in [-0.25, -0.2) is 14.5 Å². The Bertz CT molecular complexity index is 1160. The number of aryl methyl sites for hydroxylation is 2. The lowest BCUT2D eigenvalue weighted by molar-refractivity contribution is 0.0519. The molecule has 0 fully saturated rings. The zero-order chi connectivity index (χ0) is 23.8. The van der Waals surface area contributed by atoms with Crippen LogP contribution in [0.1, 0.15) is 58.1 Å². The number of benzene rings is 1. The van der Waals surface area contributed by atoms with Gasteiger partial charge < -0.3 is 4.74 Å². The van der Waals surface area contributed by atoms with Gasteiger partial charge in [0.15, 0.2) is 10.8 Å². The number of esters is 1. The summed E-state index contributed by atoms with van der Waals surface area (Å²) < 4.78 is 6.42. The first-order valence-electron chi connectivity index (χ1n) is 11.0. The Labute approximate surface area is 196 Å². The fraction of sp³-hybridized carbons (Fsp3) is 0.375. The number of thiazole rings is 1. The third-order valence-electron chi connectivity index (χ3n) is 5.01. The highest BCUT2D eigenvalue weighted by atomic mass is 32.1. The molecule has 0 aliphatic rings. The van der Waals surface area contributed by atoms with Crippen molar-refractivity contribution in [1.82, 2.24) is 14.8 Å². The van der Waals surface area contributed by atoms with Crippen molar-refractivity contribution in [1.29, 1.82) is 0 Å². The summed E-state index contributed by atoms with van der Waals surface area (Å²) in [4.78, 5) is 44.6. The molecule has 0 bridgehead atoms. The number of carbonyl (C=O) groups excluding carboxylic acids is 2. The summed E-state index contributed by atoms with van der Waals surface area (Å²) in [6.45, 7) is 6.56. The molecule has 0 saturated heterocycles. The van der Waals surface area contributed by atoms with Crippen molar-refractivity contribution in [3.8, 4) is 0 Å². The maximum Gasteiger partial charge on any atom is 0.358 e. The normalized spacial score (nSPS) is 10.8. The third kappa shape index (κ3) is 6.13. The van der Waals surface area contributed by atoms with Crippen molar-refractivity contribution in [3.05, 3.63) is 74.6 Å². The Hall–Kier alpha value is -3.33. The lowest BCUT2D eigenvalue weighted by Crippen LogP contribution is -2.35. The van der Waals surface area contributed by atoms with Crippen LogP contribution in [0.3, 0.4) is 0 Å². The van der Waals surface area contributed by atoms with Crippen molar-refractivity contribution in [2.75, 3.05) is 18.1 Å². The molecule has 0 radical (unpaired) electrons. The number of unbranched alkanes of at least 4 members (excludes halogenated alkanes) is 1. The summed E-state index contributed by atoms with van der Waals surface area (Å²) in [5.41, 5.74) is 1.18. The monoisotopic (exact) mass is 468 g/mol. The zero-order valence-electron chi connectivity index (χ0n) is 19.1. The van der Waals surface area contributed by atoms with Crippen LogP contribution in [-0.4, -0.2) is 39.8 Å². The Morgan fingerprint density at radius 2 is 1.88 bits per heavy atom. The Kier molecular flexibility index (Phi) is 8.48. The minimum atomic E-state index is -0.515. The minimum absolute atomic E-state index is 0.157. The molecule has 0 spiro atoms. The first kappa shape index (κ1) is 24.3. The van der Waals surface area contributed by atoms with E-state index in [1.807, 2.05) is 37.3 Å². The number of anilines is 1. The van der Waals surface area contributed by atoms with Crippen molar-refractivity contribution in [3.63, 3.8) is 0 Å². The molecule has 0 N–H and O–H groups in total. The number of aromatic nitrogens is 3. The van der Waals surface area contributed by atoms with Gasteiger partial charge in [0.2, 0.25) is 0 Å². The summed E-state index contributed by atoms with van der Waals surface area (Å²) in [5.74, 6) is -0.889. The molecule has 9 heteroatoms. The molecule has 1 aromatic carbocycles. The highest BCUT2D eigenvalue weighted by Crippen LogP contribution is 2.27. The Morgan fingerprint density at radius 1 is 1.12 bits per heavy atom. The van der Waals surface area contributed by atoms with Gasteiger partial charge in [0.25, 0.3) is 11.5 Å². The van der Waals surface area contributed by atoms with E-state index < -0.39 is 5.97 Å². The number of nitrogens with zero attached hydrogens (tertiary/aromatic N) is 4. The standard InChI is InChI=1S/C24H28N4O4S/c1-4-6-15-28-20(29)13-12-19(26-28)22(30)27(16-14-18-10-8-7-9-11-18)24-25-21(17(3)33-24)23(31)32-5-2/h7-13H,4-6,14-16H2,1-3H3. The van der Waals surface area contributed by atoms with Gasteiger partial charge in [-0.15, -0.1) is 11.3 Å². The van der Waals surface area contributed by atoms with Crippen molar-refractivity contribution < 1.29 is 14.3 Å². The molecule has 3 rings (SSSR count). The van der Waals surface area contributed by atoms with Gasteiger partial charge in [0, 0.05) is 24.0 Å². The van der Waals surface area contributed by atoms with E-state index in [2.05, 4.69) is 10.1 Å². The van der Waals surface area contributed by atoms with Gasteiger partial charge in [0.05, 0.1) is 6.61 Å². The van der Waals surface area contributed by atoms with Gasteiger partial charge in [-0.3, -0.25) is 14.5 Å². The van der Waals surface area contributed by atoms with Crippen molar-refractivity contribution in [2.45, 2.75) is 46.6 Å². The van der Waals surface area contributed by atoms with Crippen LogP contribution in [0, 0.1) is 6.92 Å². The van der Waals surface area contributed by atoms with Crippen molar-refractivity contribution >= 4 is 28.3 Å². The Morgan fingerprint density at radius 3 is 2.58 bits per heavy atom. The van der Waals surface area contributed by atoms with Gasteiger partial charge in [-0.1, -0.05) is 43.7 Å². The van der Waals surface area contributed by atoms with Crippen LogP contribution >= 0.6 is 11.3 Å². The minimum Gasteiger partial charge on any atom is -0.461 e. The molecule has 0 aliphatic carbocycles. The summed E-state index contributed by atoms with van der Waals surface area (Å²) in [6.07, 6.45) is 2.29. The molecular weight excluding hydrogens is 440 g/mol. The molecule has 2 aromatic heterocycles. The summed E-state index contributed by atoms with van der Waals surface area (Å²) in [7, 11) is 0. The van der Waals surface area contributed by atoms with E-state index in [1.54, 1.807) is 13.8 Å². The summed E-state index contributed by atoms with van der Waals surface area (Å²) in [5, 5.41) is 4.70. The molecule has 0 atom stereocenters. The van der Waals surface area contributed by atoms with Gasteiger partial charge in [-0.2, -0.15) is 5.10 Å². The molecule has 0 aliphatic heterocycles. The number of rotatable bonds is 10. The molecule has 1 amide bonds. The van der Waals surface area contributed by atoms with Crippen molar-refractivity contribution in [2.24, 2.45) is 0 Å². The molecular formula is C24H28N4O4S. The fourth-order valence-corrected chi connectivity index (χ4v) is 4.15. The van der Waals surface area contributed by atoms with E-state index in [1.165, 1.54) is 33.1 Å². The predicted molar refractivity (Wildman–Crippen MR) is 128 cm³/mol. The number of hydrogen-bond donors (Lipinski definition) is 0. The van der Waals surface area contributed by atoms with Crippen LogP contribution in [0.2, 0.25) is 0 Å². The van der Waals surface area contributed by atoms with E-state index in [0.29, 0.717) is 29.5 Å². The van der Waals surface area contributed by atoms with Gasteiger partial charge in [-0.05, 0) is 38.3 Å². The second-order valence-corrected chi connectivity index (χ2v) is 8.63. The lowest BCUT2D eigenvalue weighted by atomic mass is 10.1. The fourth-order valence-electron chi connectivity index (χ4n) is 3.23. The van der Waals surface area contributed by atoms with E-state index in [-0.39, 0.29) is 29.5 Å². The van der Waals surface area contributed by atoms with E-state index >= 15 is 0 Å². The quantitative estimate of drug-likeness (QED) is 0.419. The largest absolute Gasteiger partial charge is 0.461 e. The maximum atomic E-state index is 13.5. The second kappa shape index (κ2) is 11.5. The van der Waals surface area contributed by atoms with Gasteiger partial charge >= 0.3 is 5.97 Å². The van der Waals surface area contributed by atoms with Crippen LogP contribution in [0.4, 0.5) is 5.13 Å². The molecule has 0 unspecified atom stereocenters.